The molecule has 17 heavy (non-hydrogen) atoms. The molecule has 0 amide bonds. The summed E-state index contributed by atoms with van der Waals surface area (Å²) < 4.78 is 0. The summed E-state index contributed by atoms with van der Waals surface area (Å²) >= 11 is 0. The number of nitrogens with one attached hydrogen (secondary N) is 1. The first kappa shape index (κ1) is 14.0. The highest BCUT2D eigenvalue weighted by molar-refractivity contribution is 5.16. The number of aryl methyl sites for hydroxylation is 1. The maximum absolute atomic E-state index is 3.42. The Hall–Kier alpha value is -1.08. The molecule has 0 radical (unpaired) electrons. The highest BCUT2D eigenvalue weighted by Gasteiger charge is 1.93. The second-order valence-corrected chi connectivity index (χ2v) is 4.57. The van der Waals surface area contributed by atoms with E-state index in [0.29, 0.717) is 0 Å². The molecule has 94 valence electrons. The van der Waals surface area contributed by atoms with Crippen LogP contribution in [0.1, 0.15) is 38.7 Å². The summed E-state index contributed by atoms with van der Waals surface area (Å²) in [4.78, 5) is 0. The van der Waals surface area contributed by atoms with Crippen molar-refractivity contribution in [2.24, 2.45) is 0 Å². The van der Waals surface area contributed by atoms with Crippen LogP contribution >= 0.6 is 0 Å². The molecule has 1 aromatic rings. The summed E-state index contributed by atoms with van der Waals surface area (Å²) in [5.74, 6) is 0. The molecular formula is C16H25N. The molecule has 0 saturated carbocycles. The topological polar surface area (TPSA) is 12.0 Å². The predicted molar refractivity (Wildman–Crippen MR) is 76.3 cm³/mol. The van der Waals surface area contributed by atoms with Crippen molar-refractivity contribution in [3.05, 3.63) is 47.5 Å². The Labute approximate surface area is 106 Å². The van der Waals surface area contributed by atoms with Gasteiger partial charge in [0.25, 0.3) is 0 Å². The van der Waals surface area contributed by atoms with Crippen LogP contribution in [0.15, 0.2) is 42.0 Å². The Balaban J connectivity index is 2.16. The third-order valence-corrected chi connectivity index (χ3v) is 2.89. The summed E-state index contributed by atoms with van der Waals surface area (Å²) in [5, 5.41) is 3.42. The first-order chi connectivity index (χ1) is 8.33. The van der Waals surface area contributed by atoms with Crippen molar-refractivity contribution in [2.75, 3.05) is 13.1 Å². The van der Waals surface area contributed by atoms with Crippen molar-refractivity contribution in [2.45, 2.75) is 39.5 Å². The zero-order valence-electron chi connectivity index (χ0n) is 11.2. The Morgan fingerprint density at radius 1 is 1.18 bits per heavy atom. The van der Waals surface area contributed by atoms with E-state index >= 15 is 0 Å². The van der Waals surface area contributed by atoms with Gasteiger partial charge in [0.05, 0.1) is 0 Å². The number of hydrogen-bond acceptors (Lipinski definition) is 1. The zero-order valence-corrected chi connectivity index (χ0v) is 11.2. The van der Waals surface area contributed by atoms with Crippen LogP contribution in [0.3, 0.4) is 0 Å². The molecule has 0 saturated heterocycles. The molecule has 0 bridgehead atoms. The molecule has 1 aromatic carbocycles. The van der Waals surface area contributed by atoms with E-state index in [9.17, 15) is 0 Å². The van der Waals surface area contributed by atoms with Gasteiger partial charge in [-0.15, -0.1) is 0 Å². The van der Waals surface area contributed by atoms with Gasteiger partial charge < -0.3 is 5.32 Å². The summed E-state index contributed by atoms with van der Waals surface area (Å²) in [6.07, 6.45) is 7.08. The lowest BCUT2D eigenvalue weighted by atomic mass is 10.1. The Morgan fingerprint density at radius 3 is 2.65 bits per heavy atom. The van der Waals surface area contributed by atoms with Gasteiger partial charge in [-0.05, 0) is 51.3 Å². The fraction of sp³-hybridized carbons (Fsp3) is 0.500. The highest BCUT2D eigenvalue weighted by atomic mass is 14.8. The van der Waals surface area contributed by atoms with Crippen LogP contribution in [0.4, 0.5) is 0 Å². The van der Waals surface area contributed by atoms with Crippen molar-refractivity contribution >= 4 is 0 Å². The third-order valence-electron chi connectivity index (χ3n) is 2.89. The molecule has 1 heteroatoms. The molecule has 0 aliphatic carbocycles. The number of benzene rings is 1. The van der Waals surface area contributed by atoms with Gasteiger partial charge in [-0.2, -0.15) is 0 Å². The molecule has 0 fully saturated rings. The standard InChI is InChI=1S/C16H25N/c1-3-13-17-14-7-8-15(2)11-12-16-9-5-4-6-10-16/h4-6,8-10,17H,3,7,11-14H2,1-2H3. The molecule has 0 aliphatic heterocycles. The van der Waals surface area contributed by atoms with Crippen molar-refractivity contribution < 1.29 is 0 Å². The van der Waals surface area contributed by atoms with Gasteiger partial charge in [-0.25, -0.2) is 0 Å². The molecule has 0 spiro atoms. The summed E-state index contributed by atoms with van der Waals surface area (Å²) in [7, 11) is 0. The molecule has 0 atom stereocenters. The van der Waals surface area contributed by atoms with Crippen LogP contribution in [-0.4, -0.2) is 13.1 Å². The third kappa shape index (κ3) is 6.96. The van der Waals surface area contributed by atoms with Gasteiger partial charge in [-0.1, -0.05) is 48.9 Å². The maximum atomic E-state index is 3.42. The maximum Gasteiger partial charge on any atom is -0.00142 e. The largest absolute Gasteiger partial charge is 0.316 e. The van der Waals surface area contributed by atoms with E-state index in [0.717, 1.165) is 25.9 Å². The van der Waals surface area contributed by atoms with E-state index in [1.807, 2.05) is 0 Å². The second-order valence-electron chi connectivity index (χ2n) is 4.57. The highest BCUT2D eigenvalue weighted by Crippen LogP contribution is 2.08. The second kappa shape index (κ2) is 9.00. The van der Waals surface area contributed by atoms with Crippen molar-refractivity contribution in [3.8, 4) is 0 Å². The Kier molecular flexibility index (Phi) is 7.40. The van der Waals surface area contributed by atoms with E-state index in [-0.39, 0.29) is 0 Å². The van der Waals surface area contributed by atoms with Gasteiger partial charge >= 0.3 is 0 Å². The van der Waals surface area contributed by atoms with Crippen molar-refractivity contribution in [1.82, 2.24) is 5.32 Å². The van der Waals surface area contributed by atoms with Crippen molar-refractivity contribution in [3.63, 3.8) is 0 Å². The van der Waals surface area contributed by atoms with Gasteiger partial charge in [-0.3, -0.25) is 0 Å². The predicted octanol–water partition coefficient (Wildman–Crippen LogP) is 3.96. The molecular weight excluding hydrogens is 206 g/mol. The number of allylic oxidation sites excluding steroid dienone is 1. The first-order valence-corrected chi connectivity index (χ1v) is 6.73. The SMILES string of the molecule is CCCNCCC=C(C)CCc1ccccc1. The van der Waals surface area contributed by atoms with E-state index < -0.39 is 0 Å². The Bertz CT molecular complexity index is 314. The molecule has 0 aromatic heterocycles. The minimum absolute atomic E-state index is 1.11. The van der Waals surface area contributed by atoms with Crippen LogP contribution in [0, 0.1) is 0 Å². The zero-order chi connectivity index (χ0) is 12.3. The average molecular weight is 231 g/mol. The lowest BCUT2D eigenvalue weighted by Crippen LogP contribution is -2.15. The van der Waals surface area contributed by atoms with Gasteiger partial charge in [0.1, 0.15) is 0 Å². The van der Waals surface area contributed by atoms with E-state index in [1.165, 1.54) is 24.0 Å². The van der Waals surface area contributed by atoms with Crippen LogP contribution < -0.4 is 5.32 Å². The smallest absolute Gasteiger partial charge is 0.00142 e. The van der Waals surface area contributed by atoms with Crippen LogP contribution in [0.5, 0.6) is 0 Å². The number of hydrogen-bond donors (Lipinski definition) is 1. The fourth-order valence-corrected chi connectivity index (χ4v) is 1.81. The van der Waals surface area contributed by atoms with E-state index in [4.69, 9.17) is 0 Å². The van der Waals surface area contributed by atoms with E-state index in [1.54, 1.807) is 0 Å². The Morgan fingerprint density at radius 2 is 1.94 bits per heavy atom. The van der Waals surface area contributed by atoms with Crippen LogP contribution in [0.2, 0.25) is 0 Å². The van der Waals surface area contributed by atoms with Crippen LogP contribution in [0.25, 0.3) is 0 Å². The molecule has 1 N–H and O–H groups in total. The minimum atomic E-state index is 1.11. The van der Waals surface area contributed by atoms with Gasteiger partial charge in [0, 0.05) is 0 Å². The molecule has 0 unspecified atom stereocenters. The minimum Gasteiger partial charge on any atom is -0.316 e. The molecule has 1 nitrogen and oxygen atoms in total. The lowest BCUT2D eigenvalue weighted by molar-refractivity contribution is 0.676. The number of rotatable bonds is 8. The normalized spacial score (nSPS) is 11.8. The van der Waals surface area contributed by atoms with Gasteiger partial charge in [0.2, 0.25) is 0 Å². The van der Waals surface area contributed by atoms with Crippen LogP contribution in [-0.2, 0) is 6.42 Å². The summed E-state index contributed by atoms with van der Waals surface area (Å²) in [6.45, 7) is 6.68. The lowest BCUT2D eigenvalue weighted by Gasteiger charge is -2.03. The van der Waals surface area contributed by atoms with Gasteiger partial charge in [0.15, 0.2) is 0 Å². The molecule has 1 rings (SSSR count). The quantitative estimate of drug-likeness (QED) is 0.527. The molecule has 0 aliphatic rings. The monoisotopic (exact) mass is 231 g/mol. The fourth-order valence-electron chi connectivity index (χ4n) is 1.81. The first-order valence-electron chi connectivity index (χ1n) is 6.73. The molecule has 0 heterocycles. The van der Waals surface area contributed by atoms with Crippen molar-refractivity contribution in [1.29, 1.82) is 0 Å². The van der Waals surface area contributed by atoms with E-state index in [2.05, 4.69) is 55.6 Å². The summed E-state index contributed by atoms with van der Waals surface area (Å²) in [6, 6.07) is 10.7. The average Bonchev–Trinajstić information content (AvgIpc) is 2.37. The summed E-state index contributed by atoms with van der Waals surface area (Å²) in [5.41, 5.74) is 2.94.